The number of aliphatic carboxylic acids is 1. The lowest BCUT2D eigenvalue weighted by atomic mass is 10.2. The van der Waals surface area contributed by atoms with Gasteiger partial charge in [0.15, 0.2) is 11.5 Å². The maximum Gasteiger partial charge on any atom is 0.387 e. The van der Waals surface area contributed by atoms with E-state index in [0.717, 1.165) is 12.1 Å². The molecule has 0 atom stereocenters. The van der Waals surface area contributed by atoms with Gasteiger partial charge in [-0.25, -0.2) is 0 Å². The summed E-state index contributed by atoms with van der Waals surface area (Å²) in [5.74, 6) is -1.93. The van der Waals surface area contributed by atoms with Crippen LogP contribution in [0.3, 0.4) is 0 Å². The Hall–Kier alpha value is -2.52. The van der Waals surface area contributed by atoms with Crippen molar-refractivity contribution in [3.63, 3.8) is 0 Å². The van der Waals surface area contributed by atoms with Crippen LogP contribution in [0.5, 0.6) is 11.5 Å². The van der Waals surface area contributed by atoms with Gasteiger partial charge in [-0.15, -0.1) is 0 Å². The van der Waals surface area contributed by atoms with Gasteiger partial charge in [-0.2, -0.15) is 17.6 Å². The van der Waals surface area contributed by atoms with Gasteiger partial charge in [0.25, 0.3) is 0 Å². The normalized spacial score (nSPS) is 11.3. The topological polar surface area (TPSA) is 77.4 Å². The van der Waals surface area contributed by atoms with Crippen LogP contribution in [0.1, 0.15) is 31.2 Å². The number of hydrogen-bond donors (Lipinski definition) is 1. The Balaban J connectivity index is 2.50. The third-order valence-corrected chi connectivity index (χ3v) is 2.80. The number of hydrogen-bond acceptors (Lipinski definition) is 5. The Kier molecular flexibility index (Phi) is 9.12. The number of carbonyl (C=O) groups is 1. The Morgan fingerprint density at radius 1 is 1.08 bits per heavy atom. The number of carboxylic acid groups (broad SMARTS) is 1. The minimum Gasteiger partial charge on any atom is -0.481 e. The van der Waals surface area contributed by atoms with E-state index in [9.17, 15) is 22.4 Å². The smallest absolute Gasteiger partial charge is 0.387 e. The number of ether oxygens (including phenoxy) is 2. The van der Waals surface area contributed by atoms with Crippen LogP contribution in [0.4, 0.5) is 17.6 Å². The van der Waals surface area contributed by atoms with Crippen LogP contribution in [0.15, 0.2) is 23.4 Å². The molecule has 0 radical (unpaired) electrons. The number of nitrogens with zero attached hydrogens (tertiary/aromatic N) is 1. The van der Waals surface area contributed by atoms with Crippen LogP contribution < -0.4 is 9.47 Å². The van der Waals surface area contributed by atoms with Crippen molar-refractivity contribution in [2.24, 2.45) is 5.16 Å². The van der Waals surface area contributed by atoms with Crippen LogP contribution in [0.2, 0.25) is 0 Å². The van der Waals surface area contributed by atoms with Crippen molar-refractivity contribution in [1.29, 1.82) is 0 Å². The first-order valence-corrected chi connectivity index (χ1v) is 7.29. The molecule has 140 valence electrons. The van der Waals surface area contributed by atoms with Gasteiger partial charge in [0.1, 0.15) is 6.61 Å². The number of oxime groups is 1. The molecule has 10 heteroatoms. The largest absolute Gasteiger partial charge is 0.481 e. The molecule has 0 aliphatic heterocycles. The summed E-state index contributed by atoms with van der Waals surface area (Å²) in [7, 11) is 0. The highest BCUT2D eigenvalue weighted by molar-refractivity contribution is 5.80. The fourth-order valence-electron chi connectivity index (χ4n) is 1.76. The molecular formula is C15H17F4NO5. The van der Waals surface area contributed by atoms with Gasteiger partial charge in [-0.1, -0.05) is 5.16 Å². The SMILES string of the molecule is O=C(O)CCCCCO/N=C/c1ccc(OC(F)F)c(OC(F)F)c1. The first-order valence-electron chi connectivity index (χ1n) is 7.29. The molecule has 0 aromatic heterocycles. The number of benzene rings is 1. The minimum atomic E-state index is -3.20. The number of rotatable bonds is 12. The second-order valence-electron chi connectivity index (χ2n) is 4.74. The minimum absolute atomic E-state index is 0.0865. The summed E-state index contributed by atoms with van der Waals surface area (Å²) in [6.45, 7) is -6.12. The summed E-state index contributed by atoms with van der Waals surface area (Å²) >= 11 is 0. The highest BCUT2D eigenvalue weighted by Gasteiger charge is 2.15. The summed E-state index contributed by atoms with van der Waals surface area (Å²) in [4.78, 5) is 15.2. The van der Waals surface area contributed by atoms with Crippen molar-refractivity contribution in [3.8, 4) is 11.5 Å². The molecule has 0 unspecified atom stereocenters. The van der Waals surface area contributed by atoms with E-state index >= 15 is 0 Å². The van der Waals surface area contributed by atoms with E-state index in [-0.39, 0.29) is 18.6 Å². The molecular weight excluding hydrogens is 350 g/mol. The molecule has 1 rings (SSSR count). The van der Waals surface area contributed by atoms with Gasteiger partial charge in [0.05, 0.1) is 6.21 Å². The van der Waals surface area contributed by atoms with Crippen LogP contribution in [-0.2, 0) is 9.63 Å². The van der Waals surface area contributed by atoms with Gasteiger partial charge in [-0.3, -0.25) is 4.79 Å². The maximum absolute atomic E-state index is 12.3. The second-order valence-corrected chi connectivity index (χ2v) is 4.74. The highest BCUT2D eigenvalue weighted by Crippen LogP contribution is 2.30. The Labute approximate surface area is 141 Å². The molecule has 0 saturated carbocycles. The highest BCUT2D eigenvalue weighted by atomic mass is 19.3. The lowest BCUT2D eigenvalue weighted by molar-refractivity contribution is -0.137. The summed E-state index contributed by atoms with van der Waals surface area (Å²) in [6.07, 6.45) is 3.08. The lowest BCUT2D eigenvalue weighted by Crippen LogP contribution is -2.08. The number of alkyl halides is 4. The van der Waals surface area contributed by atoms with Crippen molar-refractivity contribution < 1.29 is 41.8 Å². The standard InChI is InChI=1S/C15H17F4NO5/c16-14(17)24-11-6-5-10(8-12(11)25-15(18)19)9-20-23-7-3-1-2-4-13(21)22/h5-6,8-9,14-15H,1-4,7H2,(H,21,22)/b20-9+. The van der Waals surface area contributed by atoms with Crippen LogP contribution >= 0.6 is 0 Å². The zero-order valence-electron chi connectivity index (χ0n) is 13.0. The molecule has 0 fully saturated rings. The maximum atomic E-state index is 12.3. The molecule has 6 nitrogen and oxygen atoms in total. The third-order valence-electron chi connectivity index (χ3n) is 2.80. The van der Waals surface area contributed by atoms with E-state index in [1.165, 1.54) is 12.3 Å². The van der Waals surface area contributed by atoms with Gasteiger partial charge in [0.2, 0.25) is 0 Å². The van der Waals surface area contributed by atoms with Crippen molar-refractivity contribution in [3.05, 3.63) is 23.8 Å². The molecule has 0 saturated heterocycles. The van der Waals surface area contributed by atoms with Crippen molar-refractivity contribution >= 4 is 12.2 Å². The number of carboxylic acids is 1. The van der Waals surface area contributed by atoms with Crippen molar-refractivity contribution in [1.82, 2.24) is 0 Å². The van der Waals surface area contributed by atoms with Gasteiger partial charge < -0.3 is 19.4 Å². The predicted molar refractivity (Wildman–Crippen MR) is 79.4 cm³/mol. The fourth-order valence-corrected chi connectivity index (χ4v) is 1.76. The first-order chi connectivity index (χ1) is 11.9. The van der Waals surface area contributed by atoms with E-state index in [2.05, 4.69) is 14.6 Å². The molecule has 0 bridgehead atoms. The summed E-state index contributed by atoms with van der Waals surface area (Å²) in [5, 5.41) is 12.1. The molecule has 25 heavy (non-hydrogen) atoms. The molecule has 1 aromatic carbocycles. The Morgan fingerprint density at radius 2 is 1.76 bits per heavy atom. The molecule has 1 N–H and O–H groups in total. The van der Waals surface area contributed by atoms with E-state index in [4.69, 9.17) is 9.94 Å². The summed E-state index contributed by atoms with van der Waals surface area (Å²) in [5.41, 5.74) is 0.281. The first kappa shape index (κ1) is 20.5. The van der Waals surface area contributed by atoms with Crippen LogP contribution in [-0.4, -0.2) is 37.1 Å². The molecule has 0 heterocycles. The van der Waals surface area contributed by atoms with E-state index in [0.29, 0.717) is 19.3 Å². The zero-order valence-corrected chi connectivity index (χ0v) is 13.0. The quantitative estimate of drug-likeness (QED) is 0.263. The molecule has 1 aromatic rings. The second kappa shape index (κ2) is 11.1. The average Bonchev–Trinajstić information content (AvgIpc) is 2.51. The van der Waals surface area contributed by atoms with E-state index in [1.54, 1.807) is 0 Å². The van der Waals surface area contributed by atoms with E-state index in [1.807, 2.05) is 0 Å². The van der Waals surface area contributed by atoms with Gasteiger partial charge in [-0.05, 0) is 37.5 Å². The lowest BCUT2D eigenvalue weighted by Gasteiger charge is -2.11. The van der Waals surface area contributed by atoms with Crippen LogP contribution in [0, 0.1) is 0 Å². The predicted octanol–water partition coefficient (Wildman–Crippen LogP) is 3.88. The summed E-state index contributed by atoms with van der Waals surface area (Å²) < 4.78 is 57.3. The van der Waals surface area contributed by atoms with Gasteiger partial charge in [0, 0.05) is 12.0 Å². The Bertz CT molecular complexity index is 569. The molecule has 0 aliphatic carbocycles. The fraction of sp³-hybridized carbons (Fsp3) is 0.467. The van der Waals surface area contributed by atoms with Crippen molar-refractivity contribution in [2.45, 2.75) is 38.9 Å². The monoisotopic (exact) mass is 367 g/mol. The van der Waals surface area contributed by atoms with Gasteiger partial charge >= 0.3 is 19.2 Å². The average molecular weight is 367 g/mol. The number of unbranched alkanes of at least 4 members (excludes halogenated alkanes) is 2. The number of halogens is 4. The van der Waals surface area contributed by atoms with Crippen LogP contribution in [0.25, 0.3) is 0 Å². The van der Waals surface area contributed by atoms with E-state index < -0.39 is 30.7 Å². The molecule has 0 spiro atoms. The molecule has 0 aliphatic rings. The van der Waals surface area contributed by atoms with Crippen molar-refractivity contribution in [2.75, 3.05) is 6.61 Å². The Morgan fingerprint density at radius 3 is 2.40 bits per heavy atom. The third kappa shape index (κ3) is 9.38. The summed E-state index contributed by atoms with van der Waals surface area (Å²) in [6, 6.07) is 3.43. The zero-order chi connectivity index (χ0) is 18.7. The molecule has 0 amide bonds.